The molecule has 1 N–H and O–H groups in total. The Morgan fingerprint density at radius 3 is 2.56 bits per heavy atom. The predicted molar refractivity (Wildman–Crippen MR) is 117 cm³/mol. The van der Waals surface area contributed by atoms with E-state index in [1.165, 1.54) is 55.1 Å². The first kappa shape index (κ1) is 21.8. The van der Waals surface area contributed by atoms with Gasteiger partial charge in [-0.1, -0.05) is 17.3 Å². The smallest absolute Gasteiger partial charge is 0.279 e. The molecule has 2 aromatic heterocycles. The monoisotopic (exact) mass is 473 g/mol. The van der Waals surface area contributed by atoms with Crippen molar-refractivity contribution < 1.29 is 22.8 Å². The van der Waals surface area contributed by atoms with Crippen molar-refractivity contribution in [1.82, 2.24) is 15.0 Å². The molecule has 1 aliphatic carbocycles. The van der Waals surface area contributed by atoms with Crippen LogP contribution in [0.3, 0.4) is 0 Å². The number of nitrogens with zero attached hydrogens (tertiary/aromatic N) is 4. The van der Waals surface area contributed by atoms with Gasteiger partial charge in [0.2, 0.25) is 5.88 Å². The van der Waals surface area contributed by atoms with Gasteiger partial charge in [-0.15, -0.1) is 11.3 Å². The predicted octanol–water partition coefficient (Wildman–Crippen LogP) is 2.44. The summed E-state index contributed by atoms with van der Waals surface area (Å²) in [6.45, 7) is 0.0882. The van der Waals surface area contributed by atoms with Crippen LogP contribution in [-0.2, 0) is 26.1 Å². The second-order valence-electron chi connectivity index (χ2n) is 6.81. The number of benzene rings is 1. The highest BCUT2D eigenvalue weighted by molar-refractivity contribution is 7.92. The molecule has 1 fully saturated rings. The maximum Gasteiger partial charge on any atom is 0.279 e. The van der Waals surface area contributed by atoms with Crippen LogP contribution in [0.25, 0.3) is 0 Å². The molecule has 1 aromatic carbocycles. The lowest BCUT2D eigenvalue weighted by Crippen LogP contribution is -2.25. The molecule has 4 rings (SSSR count). The van der Waals surface area contributed by atoms with E-state index in [9.17, 15) is 13.2 Å². The van der Waals surface area contributed by atoms with E-state index < -0.39 is 15.7 Å². The number of sulfone groups is 1. The Labute approximate surface area is 188 Å². The van der Waals surface area contributed by atoms with Gasteiger partial charge in [0.15, 0.2) is 28.0 Å². The minimum absolute atomic E-state index is 0.0467. The van der Waals surface area contributed by atoms with E-state index in [0.29, 0.717) is 29.3 Å². The van der Waals surface area contributed by atoms with Gasteiger partial charge >= 0.3 is 0 Å². The number of thiazole rings is 1. The fourth-order valence-corrected chi connectivity index (χ4v) is 4.91. The Bertz CT molecular complexity index is 1210. The number of rotatable bonds is 9. The van der Waals surface area contributed by atoms with Crippen LogP contribution in [0.4, 0.5) is 5.82 Å². The largest absolute Gasteiger partial charge is 0.480 e. The van der Waals surface area contributed by atoms with Gasteiger partial charge in [-0.25, -0.2) is 23.4 Å². The summed E-state index contributed by atoms with van der Waals surface area (Å²) in [7, 11) is -1.88. The standard InChI is InChI=1S/C20H19N5O5S2/c1-29-17-11-22-16(10-23-17)24-20(26)19(25-30-12-18-21-8-9-31-18)13-2-4-14(5-3-13)32(27,28)15-6-7-15/h2-5,8-11,15H,6-7,12H2,1H3,(H,22,24,26). The fraction of sp³-hybridized carbons (Fsp3) is 0.250. The van der Waals surface area contributed by atoms with Crippen molar-refractivity contribution in [2.24, 2.45) is 5.16 Å². The average Bonchev–Trinajstić information content (AvgIpc) is 3.55. The number of oxime groups is 1. The van der Waals surface area contributed by atoms with Crippen molar-refractivity contribution in [1.29, 1.82) is 0 Å². The van der Waals surface area contributed by atoms with Crippen molar-refractivity contribution >= 4 is 38.6 Å². The van der Waals surface area contributed by atoms with E-state index in [1.54, 1.807) is 11.6 Å². The van der Waals surface area contributed by atoms with Crippen LogP contribution in [0.5, 0.6) is 5.88 Å². The molecule has 0 unspecified atom stereocenters. The zero-order chi connectivity index (χ0) is 22.6. The first-order valence-corrected chi connectivity index (χ1v) is 12.0. The van der Waals surface area contributed by atoms with E-state index >= 15 is 0 Å². The van der Waals surface area contributed by atoms with E-state index in [4.69, 9.17) is 9.57 Å². The number of aromatic nitrogens is 3. The van der Waals surface area contributed by atoms with Crippen molar-refractivity contribution in [3.63, 3.8) is 0 Å². The summed E-state index contributed by atoms with van der Waals surface area (Å²) in [6, 6.07) is 6.00. The summed E-state index contributed by atoms with van der Waals surface area (Å²) in [5.74, 6) is -0.103. The van der Waals surface area contributed by atoms with E-state index in [0.717, 1.165) is 0 Å². The summed E-state index contributed by atoms with van der Waals surface area (Å²) < 4.78 is 29.8. The first-order valence-electron chi connectivity index (χ1n) is 9.57. The van der Waals surface area contributed by atoms with Crippen LogP contribution >= 0.6 is 11.3 Å². The number of hydrogen-bond acceptors (Lipinski definition) is 10. The molecule has 10 nitrogen and oxygen atoms in total. The Hall–Kier alpha value is -3.38. The fourth-order valence-electron chi connectivity index (χ4n) is 2.74. The van der Waals surface area contributed by atoms with Gasteiger partial charge in [0.25, 0.3) is 5.91 Å². The van der Waals surface area contributed by atoms with Crippen LogP contribution in [0.2, 0.25) is 0 Å². The molecular formula is C20H19N5O5S2. The van der Waals surface area contributed by atoms with Crippen LogP contribution in [-0.4, -0.2) is 47.3 Å². The zero-order valence-corrected chi connectivity index (χ0v) is 18.6. The molecule has 0 atom stereocenters. The van der Waals surface area contributed by atoms with Crippen molar-refractivity contribution in [2.75, 3.05) is 12.4 Å². The average molecular weight is 474 g/mol. The van der Waals surface area contributed by atoms with Crippen molar-refractivity contribution in [3.8, 4) is 5.88 Å². The highest BCUT2D eigenvalue weighted by Gasteiger charge is 2.36. The van der Waals surface area contributed by atoms with Crippen LogP contribution in [0.1, 0.15) is 23.4 Å². The maximum absolute atomic E-state index is 12.9. The third-order valence-corrected chi connectivity index (χ3v) is 7.57. The Morgan fingerprint density at radius 2 is 1.97 bits per heavy atom. The minimum atomic E-state index is -3.34. The number of carbonyl (C=O) groups excluding carboxylic acids is 1. The van der Waals surface area contributed by atoms with Gasteiger partial charge in [0.1, 0.15) is 5.01 Å². The van der Waals surface area contributed by atoms with Gasteiger partial charge in [-0.05, 0) is 25.0 Å². The number of methoxy groups -OCH3 is 1. The third-order valence-electron chi connectivity index (χ3n) is 4.54. The van der Waals surface area contributed by atoms with E-state index in [2.05, 4.69) is 25.4 Å². The van der Waals surface area contributed by atoms with Crippen LogP contribution < -0.4 is 10.1 Å². The molecular weight excluding hydrogens is 454 g/mol. The summed E-state index contributed by atoms with van der Waals surface area (Å²) >= 11 is 1.40. The minimum Gasteiger partial charge on any atom is -0.480 e. The first-order chi connectivity index (χ1) is 15.5. The molecule has 166 valence electrons. The SMILES string of the molecule is COc1cnc(NC(=O)C(=NOCc2nccs2)c2ccc(S(=O)(=O)C3CC3)cc2)cn1. The van der Waals surface area contributed by atoms with Crippen molar-refractivity contribution in [2.45, 2.75) is 29.6 Å². The van der Waals surface area contributed by atoms with Crippen LogP contribution in [0.15, 0.2) is 58.3 Å². The number of amides is 1. The quantitative estimate of drug-likeness (QED) is 0.370. The number of carbonyl (C=O) groups is 1. The molecule has 0 aliphatic heterocycles. The van der Waals surface area contributed by atoms with Gasteiger partial charge in [0.05, 0.1) is 29.6 Å². The summed E-state index contributed by atoms with van der Waals surface area (Å²) in [6.07, 6.45) is 5.69. The summed E-state index contributed by atoms with van der Waals surface area (Å²) in [5.41, 5.74) is 0.340. The maximum atomic E-state index is 12.9. The highest BCUT2D eigenvalue weighted by atomic mass is 32.2. The lowest BCUT2D eigenvalue weighted by atomic mass is 10.1. The second kappa shape index (κ2) is 9.40. The lowest BCUT2D eigenvalue weighted by Gasteiger charge is -2.09. The molecule has 1 saturated carbocycles. The topological polar surface area (TPSA) is 133 Å². The summed E-state index contributed by atoms with van der Waals surface area (Å²) in [5, 5.41) is 8.76. The zero-order valence-electron chi connectivity index (χ0n) is 17.0. The number of hydrogen-bond donors (Lipinski definition) is 1. The highest BCUT2D eigenvalue weighted by Crippen LogP contribution is 2.33. The van der Waals surface area contributed by atoms with Gasteiger partial charge < -0.3 is 14.9 Å². The Kier molecular flexibility index (Phi) is 6.42. The number of ether oxygens (including phenoxy) is 1. The van der Waals surface area contributed by atoms with E-state index in [1.807, 2.05) is 0 Å². The molecule has 2 heterocycles. The molecule has 0 bridgehead atoms. The molecule has 0 spiro atoms. The molecule has 32 heavy (non-hydrogen) atoms. The second-order valence-corrected chi connectivity index (χ2v) is 10.0. The van der Waals surface area contributed by atoms with E-state index in [-0.39, 0.29) is 28.3 Å². The van der Waals surface area contributed by atoms with Gasteiger partial charge in [-0.2, -0.15) is 0 Å². The molecule has 1 amide bonds. The number of nitrogens with one attached hydrogen (secondary N) is 1. The molecule has 1 aliphatic rings. The normalized spacial score (nSPS) is 14.1. The summed E-state index contributed by atoms with van der Waals surface area (Å²) in [4.78, 5) is 30.6. The number of anilines is 1. The molecule has 0 saturated heterocycles. The van der Waals surface area contributed by atoms with Crippen molar-refractivity contribution in [3.05, 3.63) is 58.8 Å². The molecule has 3 aromatic rings. The molecule has 0 radical (unpaired) electrons. The lowest BCUT2D eigenvalue weighted by molar-refractivity contribution is -0.110. The Balaban J connectivity index is 1.56. The van der Waals surface area contributed by atoms with Gasteiger partial charge in [-0.3, -0.25) is 4.79 Å². The Morgan fingerprint density at radius 1 is 1.19 bits per heavy atom. The van der Waals surface area contributed by atoms with Gasteiger partial charge in [0, 0.05) is 17.1 Å². The van der Waals surface area contributed by atoms with Crippen LogP contribution in [0, 0.1) is 0 Å². The molecule has 12 heteroatoms. The third kappa shape index (κ3) is 5.08.